The molecule has 1 heterocycles. The zero-order chi connectivity index (χ0) is 18.8. The van der Waals surface area contributed by atoms with Gasteiger partial charge in [-0.05, 0) is 59.0 Å². The van der Waals surface area contributed by atoms with Gasteiger partial charge in [0.2, 0.25) is 0 Å². The largest absolute Gasteiger partial charge is 0.335 e. The Kier molecular flexibility index (Phi) is 4.63. The summed E-state index contributed by atoms with van der Waals surface area (Å²) in [6.07, 6.45) is 0. The minimum Gasteiger partial charge on any atom is -0.258 e. The van der Waals surface area contributed by atoms with Crippen molar-refractivity contribution in [2.45, 2.75) is 0 Å². The molecule has 0 radical (unpaired) electrons. The van der Waals surface area contributed by atoms with Gasteiger partial charge in [0.1, 0.15) is 5.69 Å². The van der Waals surface area contributed by atoms with Gasteiger partial charge in [-0.1, -0.05) is 35.0 Å². The van der Waals surface area contributed by atoms with Crippen molar-refractivity contribution in [2.24, 2.45) is 0 Å². The molecule has 0 unspecified atom stereocenters. The Morgan fingerprint density at radius 3 is 2.26 bits per heavy atom. The van der Waals surface area contributed by atoms with E-state index >= 15 is 0 Å². The first-order valence-electron chi connectivity index (χ1n) is 8.08. The van der Waals surface area contributed by atoms with Crippen molar-refractivity contribution < 1.29 is 9.61 Å². The van der Waals surface area contributed by atoms with Crippen LogP contribution in [0.4, 0.5) is 5.69 Å². The molecule has 3 aromatic carbocycles. The normalized spacial score (nSPS) is 10.7. The van der Waals surface area contributed by atoms with E-state index in [1.54, 1.807) is 16.8 Å². The summed E-state index contributed by atoms with van der Waals surface area (Å²) in [5.74, 6) is 0.679. The summed E-state index contributed by atoms with van der Waals surface area (Å²) in [6.45, 7) is 0. The molecule has 7 nitrogen and oxygen atoms in total. The zero-order valence-corrected chi connectivity index (χ0v) is 16.1. The molecule has 8 heteroatoms. The molecule has 132 valence electrons. The van der Waals surface area contributed by atoms with Gasteiger partial charge >= 0.3 is 5.82 Å². The lowest BCUT2D eigenvalue weighted by molar-refractivity contribution is -0.651. The Hall–Kier alpha value is -3.14. The average molecular weight is 470 g/mol. The number of rotatable bonds is 4. The van der Waals surface area contributed by atoms with Crippen LogP contribution >= 0.6 is 22.6 Å². The number of nitro benzene ring substituents is 1. The third-order valence-electron chi connectivity index (χ3n) is 3.97. The van der Waals surface area contributed by atoms with Crippen LogP contribution in [-0.2, 0) is 0 Å². The van der Waals surface area contributed by atoms with Crippen LogP contribution in [0.5, 0.6) is 0 Å². The smallest absolute Gasteiger partial charge is 0.258 e. The standard InChI is InChI=1S/C19H13IN5O2/c20-17-8-4-5-9-18(17)23-19(14-6-2-1-3-7-14)21-24(22-23)15-10-12-16(13-11-15)25(26)27/h1-13H/q+1. The molecular weight excluding hydrogens is 457 g/mol. The maximum atomic E-state index is 10.9. The Labute approximate surface area is 168 Å². The highest BCUT2D eigenvalue weighted by Gasteiger charge is 2.25. The van der Waals surface area contributed by atoms with Gasteiger partial charge in [0.25, 0.3) is 5.69 Å². The van der Waals surface area contributed by atoms with E-state index in [2.05, 4.69) is 32.9 Å². The van der Waals surface area contributed by atoms with Crippen molar-refractivity contribution in [1.82, 2.24) is 15.1 Å². The number of para-hydroxylation sites is 1. The number of aromatic nitrogens is 4. The van der Waals surface area contributed by atoms with Gasteiger partial charge in [0.15, 0.2) is 5.69 Å². The van der Waals surface area contributed by atoms with Crippen molar-refractivity contribution in [3.8, 4) is 22.8 Å². The maximum Gasteiger partial charge on any atom is 0.335 e. The highest BCUT2D eigenvalue weighted by molar-refractivity contribution is 14.1. The first-order chi connectivity index (χ1) is 13.1. The molecule has 27 heavy (non-hydrogen) atoms. The summed E-state index contributed by atoms with van der Waals surface area (Å²) in [5.41, 5.74) is 2.50. The van der Waals surface area contributed by atoms with Gasteiger partial charge in [-0.2, -0.15) is 0 Å². The number of hydrogen-bond donors (Lipinski definition) is 0. The highest BCUT2D eigenvalue weighted by Crippen LogP contribution is 2.19. The average Bonchev–Trinajstić information content (AvgIpc) is 3.14. The molecule has 0 spiro atoms. The lowest BCUT2D eigenvalue weighted by atomic mass is 10.2. The van der Waals surface area contributed by atoms with Crippen LogP contribution in [0.1, 0.15) is 0 Å². The number of nitrogens with zero attached hydrogens (tertiary/aromatic N) is 5. The fraction of sp³-hybridized carbons (Fsp3) is 0. The lowest BCUT2D eigenvalue weighted by Gasteiger charge is -2.00. The fourth-order valence-electron chi connectivity index (χ4n) is 2.65. The first kappa shape index (κ1) is 17.3. The zero-order valence-electron chi connectivity index (χ0n) is 13.9. The summed E-state index contributed by atoms with van der Waals surface area (Å²) in [5, 5.41) is 20.1. The third-order valence-corrected chi connectivity index (χ3v) is 4.88. The monoisotopic (exact) mass is 470 g/mol. The van der Waals surface area contributed by atoms with Crippen molar-refractivity contribution in [2.75, 3.05) is 0 Å². The van der Waals surface area contributed by atoms with Crippen molar-refractivity contribution in [3.05, 3.63) is 92.5 Å². The third kappa shape index (κ3) is 3.43. The van der Waals surface area contributed by atoms with E-state index in [4.69, 9.17) is 0 Å². The Morgan fingerprint density at radius 2 is 1.59 bits per heavy atom. The van der Waals surface area contributed by atoms with Crippen molar-refractivity contribution in [1.29, 1.82) is 0 Å². The first-order valence-corrected chi connectivity index (χ1v) is 9.16. The molecule has 0 amide bonds. The number of hydrogen-bond acceptors (Lipinski definition) is 4. The summed E-state index contributed by atoms with van der Waals surface area (Å²) in [7, 11) is 0. The van der Waals surface area contributed by atoms with Gasteiger partial charge in [-0.25, -0.2) is 0 Å². The van der Waals surface area contributed by atoms with E-state index in [0.29, 0.717) is 11.5 Å². The minimum atomic E-state index is -0.428. The molecule has 4 rings (SSSR count). The second kappa shape index (κ2) is 7.23. The number of benzene rings is 3. The summed E-state index contributed by atoms with van der Waals surface area (Å²) in [6, 6.07) is 23.8. The van der Waals surface area contributed by atoms with Crippen LogP contribution in [0.3, 0.4) is 0 Å². The summed E-state index contributed by atoms with van der Waals surface area (Å²) < 4.78 is 2.81. The van der Waals surface area contributed by atoms with Gasteiger partial charge in [-0.3, -0.25) is 10.1 Å². The molecule has 0 atom stereocenters. The van der Waals surface area contributed by atoms with Crippen LogP contribution < -0.4 is 4.68 Å². The van der Waals surface area contributed by atoms with E-state index < -0.39 is 4.92 Å². The minimum absolute atomic E-state index is 0.0275. The molecule has 1 aromatic heterocycles. The molecule has 0 aliphatic heterocycles. The van der Waals surface area contributed by atoms with Crippen LogP contribution in [-0.4, -0.2) is 20.0 Å². The lowest BCUT2D eigenvalue weighted by Crippen LogP contribution is -2.36. The topological polar surface area (TPSA) is 77.7 Å². The van der Waals surface area contributed by atoms with Crippen LogP contribution in [0.25, 0.3) is 22.8 Å². The molecule has 0 aliphatic carbocycles. The molecule has 0 fully saturated rings. The van der Waals surface area contributed by atoms with E-state index in [9.17, 15) is 10.1 Å². The van der Waals surface area contributed by atoms with Gasteiger partial charge in [0.05, 0.1) is 24.4 Å². The SMILES string of the molecule is O=[N+]([O-])c1ccc(-n2nc(-c3ccccc3)[n+](-c3ccccc3I)n2)cc1. The fourth-order valence-corrected chi connectivity index (χ4v) is 3.27. The number of halogens is 1. The van der Waals surface area contributed by atoms with E-state index in [-0.39, 0.29) is 5.69 Å². The van der Waals surface area contributed by atoms with E-state index in [1.807, 2.05) is 54.6 Å². The highest BCUT2D eigenvalue weighted by atomic mass is 127. The number of tetrazole rings is 1. The molecule has 4 aromatic rings. The molecule has 0 N–H and O–H groups in total. The Morgan fingerprint density at radius 1 is 0.926 bits per heavy atom. The second-order valence-corrected chi connectivity index (χ2v) is 6.87. The van der Waals surface area contributed by atoms with Gasteiger partial charge in [-0.15, -0.1) is 0 Å². The number of non-ortho nitro benzene ring substituents is 1. The van der Waals surface area contributed by atoms with E-state index in [1.165, 1.54) is 16.9 Å². The maximum absolute atomic E-state index is 10.9. The van der Waals surface area contributed by atoms with Crippen LogP contribution in [0.15, 0.2) is 78.9 Å². The summed E-state index contributed by atoms with van der Waals surface area (Å²) >= 11 is 2.26. The quantitative estimate of drug-likeness (QED) is 0.197. The van der Waals surface area contributed by atoms with Crippen LogP contribution in [0, 0.1) is 13.7 Å². The molecule has 0 saturated carbocycles. The van der Waals surface area contributed by atoms with Gasteiger partial charge < -0.3 is 0 Å². The van der Waals surface area contributed by atoms with E-state index in [0.717, 1.165) is 14.8 Å². The number of nitro groups is 1. The Balaban J connectivity index is 1.88. The Bertz CT molecular complexity index is 1110. The molecule has 0 saturated heterocycles. The van der Waals surface area contributed by atoms with Gasteiger partial charge in [0, 0.05) is 16.9 Å². The summed E-state index contributed by atoms with van der Waals surface area (Å²) in [4.78, 5) is 11.9. The second-order valence-electron chi connectivity index (χ2n) is 5.71. The molecule has 0 bridgehead atoms. The predicted octanol–water partition coefficient (Wildman–Crippen LogP) is 3.72. The molecular formula is C19H13IN5O2+. The van der Waals surface area contributed by atoms with Crippen molar-refractivity contribution in [3.63, 3.8) is 0 Å². The van der Waals surface area contributed by atoms with Crippen molar-refractivity contribution >= 4 is 28.3 Å². The molecule has 0 aliphatic rings. The predicted molar refractivity (Wildman–Crippen MR) is 108 cm³/mol. The van der Waals surface area contributed by atoms with Crippen LogP contribution in [0.2, 0.25) is 0 Å².